The van der Waals surface area contributed by atoms with E-state index in [9.17, 15) is 9.90 Å². The van der Waals surface area contributed by atoms with Crippen molar-refractivity contribution in [1.29, 1.82) is 0 Å². The first-order valence-corrected chi connectivity index (χ1v) is 12.8. The van der Waals surface area contributed by atoms with Gasteiger partial charge in [-0.15, -0.1) is 0 Å². The fourth-order valence-corrected chi connectivity index (χ4v) is 2.71. The Hall–Kier alpha value is -2.34. The Kier molecular flexibility index (Phi) is 21.4. The van der Waals surface area contributed by atoms with Gasteiger partial charge in [0, 0.05) is 13.2 Å². The van der Waals surface area contributed by atoms with Gasteiger partial charge in [0.1, 0.15) is 11.6 Å². The van der Waals surface area contributed by atoms with Crippen molar-refractivity contribution in [3.8, 4) is 0 Å². The summed E-state index contributed by atoms with van der Waals surface area (Å²) < 4.78 is 7.14. The number of carbonyl (C=O) groups excluding carboxylic acids is 1. The molecule has 0 saturated carbocycles. The molecule has 2 unspecified atom stereocenters. The number of benzene rings is 1. The van der Waals surface area contributed by atoms with Crippen LogP contribution in [0.2, 0.25) is 0 Å². The second-order valence-corrected chi connectivity index (χ2v) is 7.66. The highest BCUT2D eigenvalue weighted by Gasteiger charge is 2.28. The van der Waals surface area contributed by atoms with Crippen LogP contribution in [0.1, 0.15) is 99.0 Å². The van der Waals surface area contributed by atoms with E-state index >= 15 is 0 Å². The molecule has 0 bridgehead atoms. The van der Waals surface area contributed by atoms with Gasteiger partial charge in [0.2, 0.25) is 0 Å². The predicted octanol–water partition coefficient (Wildman–Crippen LogP) is 7.42. The molecule has 0 radical (unpaired) electrons. The molecular formula is C28H53N3O3. The Morgan fingerprint density at radius 1 is 1.00 bits per heavy atom. The van der Waals surface area contributed by atoms with Gasteiger partial charge >= 0.3 is 6.09 Å². The quantitative estimate of drug-likeness (QED) is 0.484. The van der Waals surface area contributed by atoms with Gasteiger partial charge in [-0.25, -0.2) is 4.79 Å². The summed E-state index contributed by atoms with van der Waals surface area (Å²) >= 11 is 0. The van der Waals surface area contributed by atoms with Crippen LogP contribution < -0.4 is 0 Å². The van der Waals surface area contributed by atoms with Crippen molar-refractivity contribution >= 4 is 6.09 Å². The number of aryl methyl sites for hydroxylation is 2. The van der Waals surface area contributed by atoms with Crippen LogP contribution in [0.25, 0.3) is 0 Å². The molecule has 34 heavy (non-hydrogen) atoms. The molecule has 1 aromatic carbocycles. The molecule has 0 aliphatic heterocycles. The molecule has 2 aromatic rings. The first-order chi connectivity index (χ1) is 16.1. The summed E-state index contributed by atoms with van der Waals surface area (Å²) in [6.07, 6.45) is 0.619. The first-order valence-electron chi connectivity index (χ1n) is 12.8. The molecule has 0 spiro atoms. The average molecular weight is 480 g/mol. The lowest BCUT2D eigenvalue weighted by Crippen LogP contribution is -2.41. The second kappa shape index (κ2) is 20.1. The van der Waals surface area contributed by atoms with E-state index in [1.807, 2.05) is 127 Å². The van der Waals surface area contributed by atoms with Crippen molar-refractivity contribution in [1.82, 2.24) is 14.7 Å². The Bertz CT molecular complexity index is 718. The van der Waals surface area contributed by atoms with Gasteiger partial charge in [-0.3, -0.25) is 4.68 Å². The molecule has 198 valence electrons. The number of hydrogen-bond acceptors (Lipinski definition) is 4. The van der Waals surface area contributed by atoms with Crippen LogP contribution in [0, 0.1) is 13.8 Å². The molecule has 0 fully saturated rings. The van der Waals surface area contributed by atoms with Gasteiger partial charge in [0.05, 0.1) is 18.3 Å². The lowest BCUT2D eigenvalue weighted by molar-refractivity contribution is 0.0160. The molecule has 0 aliphatic carbocycles. The molecule has 1 aromatic heterocycles. The lowest BCUT2D eigenvalue weighted by Gasteiger charge is -2.29. The number of amides is 1. The third-order valence-electron chi connectivity index (χ3n) is 4.12. The molecule has 6 nitrogen and oxygen atoms in total. The van der Waals surface area contributed by atoms with Gasteiger partial charge < -0.3 is 14.7 Å². The number of aromatic nitrogens is 2. The number of aliphatic hydroxyl groups excluding tert-OH is 1. The van der Waals surface area contributed by atoms with Crippen molar-refractivity contribution in [3.05, 3.63) is 53.3 Å². The van der Waals surface area contributed by atoms with E-state index < -0.39 is 23.8 Å². The Morgan fingerprint density at radius 2 is 1.47 bits per heavy atom. The molecule has 2 rings (SSSR count). The van der Waals surface area contributed by atoms with Crippen molar-refractivity contribution in [2.75, 3.05) is 13.6 Å². The molecule has 2 atom stereocenters. The highest BCUT2D eigenvalue weighted by atomic mass is 16.6. The van der Waals surface area contributed by atoms with Crippen LogP contribution in [0.5, 0.6) is 0 Å². The molecule has 1 heterocycles. The predicted molar refractivity (Wildman–Crippen MR) is 147 cm³/mol. The van der Waals surface area contributed by atoms with Gasteiger partial charge in [-0.05, 0) is 45.7 Å². The molecule has 6 heteroatoms. The molecule has 1 N–H and O–H groups in total. The summed E-state index contributed by atoms with van der Waals surface area (Å²) in [4.78, 5) is 13.6. The van der Waals surface area contributed by atoms with Crippen LogP contribution >= 0.6 is 0 Å². The lowest BCUT2D eigenvalue weighted by atomic mass is 10.0. The van der Waals surface area contributed by atoms with Crippen LogP contribution in [0.15, 0.2) is 36.5 Å². The number of rotatable bonds is 5. The standard InChI is InChI=1S/C20H29N3O3.4C2H6/c1-14-12-23(21-15(14)2)18(16-10-8-7-9-11-16)17(24)13-22(6)19(25)26-20(3,4)5;4*1-2/h7-12,17-18,24H,13H2,1-6H3;4*1-2H3. The molecule has 1 amide bonds. The summed E-state index contributed by atoms with van der Waals surface area (Å²) in [5.74, 6) is 0. The monoisotopic (exact) mass is 479 g/mol. The summed E-state index contributed by atoms with van der Waals surface area (Å²) in [5.41, 5.74) is 2.32. The maximum absolute atomic E-state index is 12.2. The van der Waals surface area contributed by atoms with E-state index in [0.29, 0.717) is 0 Å². The first kappa shape index (κ1) is 36.2. The van der Waals surface area contributed by atoms with E-state index in [-0.39, 0.29) is 6.54 Å². The number of likely N-dealkylation sites (N-methyl/N-ethyl adjacent to an activating group) is 1. The summed E-state index contributed by atoms with van der Waals surface area (Å²) in [7, 11) is 1.62. The number of carbonyl (C=O) groups is 1. The van der Waals surface area contributed by atoms with Crippen molar-refractivity contribution in [2.24, 2.45) is 0 Å². The number of nitrogens with zero attached hydrogens (tertiary/aromatic N) is 3. The van der Waals surface area contributed by atoms with E-state index in [4.69, 9.17) is 4.74 Å². The molecular weight excluding hydrogens is 426 g/mol. The molecule has 0 aliphatic rings. The zero-order valence-electron chi connectivity index (χ0n) is 24.4. The third kappa shape index (κ3) is 13.4. The number of aliphatic hydroxyl groups is 1. The summed E-state index contributed by atoms with van der Waals surface area (Å²) in [6, 6.07) is 9.29. The minimum absolute atomic E-state index is 0.131. The topological polar surface area (TPSA) is 67.6 Å². The van der Waals surface area contributed by atoms with Gasteiger partial charge in [0.15, 0.2) is 0 Å². The maximum Gasteiger partial charge on any atom is 0.410 e. The van der Waals surface area contributed by atoms with Gasteiger partial charge in [-0.1, -0.05) is 85.7 Å². The van der Waals surface area contributed by atoms with Crippen LogP contribution in [0.3, 0.4) is 0 Å². The number of ether oxygens (including phenoxy) is 1. The van der Waals surface area contributed by atoms with Crippen molar-refractivity contribution in [2.45, 2.75) is 108 Å². The largest absolute Gasteiger partial charge is 0.444 e. The van der Waals surface area contributed by atoms with E-state index in [1.165, 1.54) is 4.90 Å². The van der Waals surface area contributed by atoms with Crippen LogP contribution in [0.4, 0.5) is 4.79 Å². The Balaban J connectivity index is -0.00000108. The minimum Gasteiger partial charge on any atom is -0.444 e. The van der Waals surface area contributed by atoms with Gasteiger partial charge in [-0.2, -0.15) is 5.10 Å². The van der Waals surface area contributed by atoms with E-state index in [0.717, 1.165) is 16.8 Å². The van der Waals surface area contributed by atoms with Crippen LogP contribution in [-0.2, 0) is 4.74 Å². The van der Waals surface area contributed by atoms with Crippen molar-refractivity contribution < 1.29 is 14.6 Å². The zero-order valence-corrected chi connectivity index (χ0v) is 24.4. The molecule has 0 saturated heterocycles. The normalized spacial score (nSPS) is 11.4. The highest BCUT2D eigenvalue weighted by molar-refractivity contribution is 5.67. The highest BCUT2D eigenvalue weighted by Crippen LogP contribution is 2.24. The number of hydrogen-bond donors (Lipinski definition) is 1. The maximum atomic E-state index is 12.2. The van der Waals surface area contributed by atoms with Gasteiger partial charge in [0.25, 0.3) is 0 Å². The van der Waals surface area contributed by atoms with Crippen molar-refractivity contribution in [3.63, 3.8) is 0 Å². The average Bonchev–Trinajstić information content (AvgIpc) is 3.16. The van der Waals surface area contributed by atoms with E-state index in [1.54, 1.807) is 11.7 Å². The fraction of sp³-hybridized carbons (Fsp3) is 0.643. The second-order valence-electron chi connectivity index (χ2n) is 7.66. The summed E-state index contributed by atoms with van der Waals surface area (Å²) in [5, 5.41) is 15.5. The Labute approximate surface area is 210 Å². The zero-order chi connectivity index (χ0) is 27.5. The SMILES string of the molecule is CC.CC.CC.CC.Cc1cn(C(c2ccccc2)C(O)CN(C)C(=O)OC(C)(C)C)nc1C. The third-order valence-corrected chi connectivity index (χ3v) is 4.12. The minimum atomic E-state index is -0.839. The smallest absolute Gasteiger partial charge is 0.410 e. The van der Waals surface area contributed by atoms with E-state index in [2.05, 4.69) is 5.10 Å². The Morgan fingerprint density at radius 3 is 1.85 bits per heavy atom. The fourth-order valence-electron chi connectivity index (χ4n) is 2.71. The summed E-state index contributed by atoms with van der Waals surface area (Å²) in [6.45, 7) is 25.5. The van der Waals surface area contributed by atoms with Crippen LogP contribution in [-0.4, -0.2) is 51.2 Å².